The van der Waals surface area contributed by atoms with E-state index in [0.29, 0.717) is 29.2 Å². The van der Waals surface area contributed by atoms with Crippen LogP contribution in [0.3, 0.4) is 0 Å². The zero-order valence-corrected chi connectivity index (χ0v) is 10.4. The van der Waals surface area contributed by atoms with Crippen molar-refractivity contribution < 1.29 is 9.32 Å². The van der Waals surface area contributed by atoms with Gasteiger partial charge in [-0.15, -0.1) is 0 Å². The van der Waals surface area contributed by atoms with E-state index in [1.165, 1.54) is 0 Å². The van der Waals surface area contributed by atoms with Crippen molar-refractivity contribution in [2.24, 2.45) is 0 Å². The third-order valence-corrected chi connectivity index (χ3v) is 2.56. The molecule has 5 nitrogen and oxygen atoms in total. The van der Waals surface area contributed by atoms with Crippen LogP contribution in [0.4, 0.5) is 5.69 Å². The predicted molar refractivity (Wildman–Crippen MR) is 68.0 cm³/mol. The average Bonchev–Trinajstić information content (AvgIpc) is 2.72. The number of nitrogens with one attached hydrogen (secondary N) is 1. The fourth-order valence-corrected chi connectivity index (χ4v) is 1.66. The van der Waals surface area contributed by atoms with Gasteiger partial charge in [0.05, 0.1) is 12.1 Å². The smallest absolute Gasteiger partial charge is 0.253 e. The van der Waals surface area contributed by atoms with E-state index >= 15 is 0 Å². The zero-order valence-electron chi connectivity index (χ0n) is 10.4. The summed E-state index contributed by atoms with van der Waals surface area (Å²) in [6.45, 7) is 4.05. The quantitative estimate of drug-likeness (QED) is 0.808. The largest absolute Gasteiger partial charge is 0.398 e. The maximum absolute atomic E-state index is 11.9. The number of benzene rings is 1. The lowest BCUT2D eigenvalue weighted by molar-refractivity contribution is 0.0951. The molecule has 2 rings (SSSR count). The van der Waals surface area contributed by atoms with Crippen LogP contribution in [0.15, 0.2) is 28.8 Å². The van der Waals surface area contributed by atoms with Gasteiger partial charge in [-0.1, -0.05) is 11.2 Å². The van der Waals surface area contributed by atoms with E-state index < -0.39 is 0 Å². The second-order valence-electron chi connectivity index (χ2n) is 4.20. The van der Waals surface area contributed by atoms with Gasteiger partial charge < -0.3 is 15.6 Å². The molecule has 18 heavy (non-hydrogen) atoms. The minimum absolute atomic E-state index is 0.215. The van der Waals surface area contributed by atoms with E-state index in [9.17, 15) is 4.79 Å². The van der Waals surface area contributed by atoms with E-state index in [1.807, 2.05) is 13.0 Å². The van der Waals surface area contributed by atoms with E-state index in [2.05, 4.69) is 10.5 Å². The van der Waals surface area contributed by atoms with Gasteiger partial charge in [0, 0.05) is 11.8 Å². The number of carbonyl (C=O) groups is 1. The second kappa shape index (κ2) is 4.91. The number of carbonyl (C=O) groups excluding carboxylic acids is 1. The lowest BCUT2D eigenvalue weighted by atomic mass is 10.1. The van der Waals surface area contributed by atoms with Gasteiger partial charge in [0.2, 0.25) is 0 Å². The molecule has 0 radical (unpaired) electrons. The molecule has 1 heterocycles. The maximum atomic E-state index is 11.9. The molecule has 2 aromatic rings. The van der Waals surface area contributed by atoms with E-state index in [0.717, 1.165) is 5.56 Å². The summed E-state index contributed by atoms with van der Waals surface area (Å²) in [5.41, 5.74) is 8.46. The van der Waals surface area contributed by atoms with Crippen LogP contribution < -0.4 is 11.1 Å². The molecule has 94 valence electrons. The number of aryl methyl sites for hydroxylation is 2. The molecule has 3 N–H and O–H groups in total. The topological polar surface area (TPSA) is 81.2 Å². The monoisotopic (exact) mass is 245 g/mol. The zero-order chi connectivity index (χ0) is 13.1. The molecule has 1 aromatic carbocycles. The summed E-state index contributed by atoms with van der Waals surface area (Å²) in [5.74, 6) is 0.502. The summed E-state index contributed by atoms with van der Waals surface area (Å²) in [6, 6.07) is 7.12. The maximum Gasteiger partial charge on any atom is 0.253 e. The fraction of sp³-hybridized carbons (Fsp3) is 0.231. The summed E-state index contributed by atoms with van der Waals surface area (Å²) in [5, 5.41) is 6.54. The Bertz CT molecular complexity index is 575. The number of amides is 1. The predicted octanol–water partition coefficient (Wildman–Crippen LogP) is 1.80. The summed E-state index contributed by atoms with van der Waals surface area (Å²) in [4.78, 5) is 11.9. The first-order chi connectivity index (χ1) is 8.56. The highest BCUT2D eigenvalue weighted by molar-refractivity contribution is 5.99. The minimum Gasteiger partial charge on any atom is -0.398 e. The van der Waals surface area contributed by atoms with Gasteiger partial charge in [-0.2, -0.15) is 0 Å². The molecule has 0 aliphatic heterocycles. The highest BCUT2D eigenvalue weighted by Crippen LogP contribution is 2.13. The number of hydrogen-bond donors (Lipinski definition) is 2. The SMILES string of the molecule is Cc1ccc(C(=O)NCc2cc(C)on2)c(N)c1. The fourth-order valence-electron chi connectivity index (χ4n) is 1.66. The molecule has 0 aliphatic rings. The van der Waals surface area contributed by atoms with Crippen LogP contribution in [-0.4, -0.2) is 11.1 Å². The Hall–Kier alpha value is -2.30. The second-order valence-corrected chi connectivity index (χ2v) is 4.20. The van der Waals surface area contributed by atoms with Crippen LogP contribution >= 0.6 is 0 Å². The molecule has 0 bridgehead atoms. The van der Waals surface area contributed by atoms with Crippen LogP contribution in [0, 0.1) is 13.8 Å². The number of nitrogen functional groups attached to an aromatic ring is 1. The molecular weight excluding hydrogens is 230 g/mol. The molecule has 0 saturated heterocycles. The Labute approximate surface area is 105 Å². The van der Waals surface area contributed by atoms with Crippen molar-refractivity contribution in [1.82, 2.24) is 10.5 Å². The van der Waals surface area contributed by atoms with Crippen LogP contribution in [-0.2, 0) is 6.54 Å². The summed E-state index contributed by atoms with van der Waals surface area (Å²) < 4.78 is 4.92. The normalized spacial score (nSPS) is 10.3. The first-order valence-electron chi connectivity index (χ1n) is 5.63. The molecular formula is C13H15N3O2. The lowest BCUT2D eigenvalue weighted by Gasteiger charge is -2.06. The van der Waals surface area contributed by atoms with Crippen molar-refractivity contribution in [2.75, 3.05) is 5.73 Å². The number of rotatable bonds is 3. The highest BCUT2D eigenvalue weighted by Gasteiger charge is 2.10. The Morgan fingerprint density at radius 1 is 1.39 bits per heavy atom. The molecule has 0 spiro atoms. The minimum atomic E-state index is -0.215. The third-order valence-electron chi connectivity index (χ3n) is 2.56. The Morgan fingerprint density at radius 3 is 2.78 bits per heavy atom. The van der Waals surface area contributed by atoms with Gasteiger partial charge in [-0.3, -0.25) is 4.79 Å². The van der Waals surface area contributed by atoms with Crippen molar-refractivity contribution >= 4 is 11.6 Å². The Kier molecular flexibility index (Phi) is 3.32. The van der Waals surface area contributed by atoms with E-state index in [1.54, 1.807) is 25.1 Å². The molecule has 0 fully saturated rings. The number of aromatic nitrogens is 1. The van der Waals surface area contributed by atoms with E-state index in [4.69, 9.17) is 10.3 Å². The van der Waals surface area contributed by atoms with Crippen LogP contribution in [0.5, 0.6) is 0 Å². The first-order valence-corrected chi connectivity index (χ1v) is 5.63. The van der Waals surface area contributed by atoms with E-state index in [-0.39, 0.29) is 5.91 Å². The number of nitrogens with two attached hydrogens (primary N) is 1. The summed E-state index contributed by atoms with van der Waals surface area (Å²) >= 11 is 0. The van der Waals surface area contributed by atoms with Gasteiger partial charge in [0.25, 0.3) is 5.91 Å². The molecule has 0 aliphatic carbocycles. The van der Waals surface area contributed by atoms with Gasteiger partial charge in [-0.25, -0.2) is 0 Å². The Balaban J connectivity index is 2.03. The average molecular weight is 245 g/mol. The van der Waals surface area contributed by atoms with Gasteiger partial charge in [-0.05, 0) is 31.5 Å². The number of nitrogens with zero attached hydrogens (tertiary/aromatic N) is 1. The van der Waals surface area contributed by atoms with Crippen molar-refractivity contribution in [3.8, 4) is 0 Å². The van der Waals surface area contributed by atoms with Crippen LogP contribution in [0.1, 0.15) is 27.4 Å². The van der Waals surface area contributed by atoms with Gasteiger partial charge in [0.15, 0.2) is 0 Å². The van der Waals surface area contributed by atoms with Crippen molar-refractivity contribution in [3.05, 3.63) is 46.8 Å². The van der Waals surface area contributed by atoms with Crippen LogP contribution in [0.25, 0.3) is 0 Å². The standard InChI is InChI=1S/C13H15N3O2/c1-8-3-4-11(12(14)5-8)13(17)15-7-10-6-9(2)18-16-10/h3-6H,7,14H2,1-2H3,(H,15,17). The molecule has 0 unspecified atom stereocenters. The third kappa shape index (κ3) is 2.68. The molecule has 5 heteroatoms. The molecule has 1 aromatic heterocycles. The van der Waals surface area contributed by atoms with Crippen LogP contribution in [0.2, 0.25) is 0 Å². The highest BCUT2D eigenvalue weighted by atomic mass is 16.5. The van der Waals surface area contributed by atoms with Crippen molar-refractivity contribution in [2.45, 2.75) is 20.4 Å². The lowest BCUT2D eigenvalue weighted by Crippen LogP contribution is -2.24. The summed E-state index contributed by atoms with van der Waals surface area (Å²) in [6.07, 6.45) is 0. The summed E-state index contributed by atoms with van der Waals surface area (Å²) in [7, 11) is 0. The number of hydrogen-bond acceptors (Lipinski definition) is 4. The Morgan fingerprint density at radius 2 is 2.17 bits per heavy atom. The molecule has 1 amide bonds. The first kappa shape index (κ1) is 12.2. The van der Waals surface area contributed by atoms with Gasteiger partial charge >= 0.3 is 0 Å². The molecule has 0 atom stereocenters. The molecule has 0 saturated carbocycles. The van der Waals surface area contributed by atoms with Crippen molar-refractivity contribution in [3.63, 3.8) is 0 Å². The van der Waals surface area contributed by atoms with Gasteiger partial charge in [0.1, 0.15) is 11.5 Å². The number of anilines is 1. The van der Waals surface area contributed by atoms with Crippen molar-refractivity contribution in [1.29, 1.82) is 0 Å².